The lowest BCUT2D eigenvalue weighted by Crippen LogP contribution is -2.26. The molecule has 1 aliphatic rings. The van der Waals surface area contributed by atoms with Crippen LogP contribution in [0.1, 0.15) is 16.9 Å². The summed E-state index contributed by atoms with van der Waals surface area (Å²) in [6.45, 7) is 0.186. The molecule has 0 saturated heterocycles. The van der Waals surface area contributed by atoms with E-state index in [1.807, 2.05) is 36.4 Å². The van der Waals surface area contributed by atoms with Crippen molar-refractivity contribution in [3.05, 3.63) is 83.8 Å². The Bertz CT molecular complexity index is 882. The summed E-state index contributed by atoms with van der Waals surface area (Å²) in [5.74, 6) is 0.443. The number of oxime groups is 1. The molecule has 1 heterocycles. The highest BCUT2D eigenvalue weighted by Crippen LogP contribution is 2.36. The van der Waals surface area contributed by atoms with E-state index in [1.54, 1.807) is 18.4 Å². The van der Waals surface area contributed by atoms with Crippen molar-refractivity contribution >= 4 is 11.6 Å². The van der Waals surface area contributed by atoms with E-state index in [9.17, 15) is 4.79 Å². The molecule has 25 heavy (non-hydrogen) atoms. The molecule has 124 valence electrons. The number of hydrogen-bond acceptors (Lipinski definition) is 4. The van der Waals surface area contributed by atoms with E-state index in [0.29, 0.717) is 12.3 Å². The van der Waals surface area contributed by atoms with Gasteiger partial charge in [-0.2, -0.15) is 0 Å². The third kappa shape index (κ3) is 3.04. The van der Waals surface area contributed by atoms with Crippen molar-refractivity contribution in [3.63, 3.8) is 0 Å². The number of rotatable bonds is 5. The Morgan fingerprint density at radius 2 is 1.56 bits per heavy atom. The van der Waals surface area contributed by atoms with Gasteiger partial charge in [0.15, 0.2) is 6.61 Å². The molecule has 5 nitrogen and oxygen atoms in total. The lowest BCUT2D eigenvalue weighted by atomic mass is 10.1. The first-order chi connectivity index (χ1) is 12.3. The zero-order chi connectivity index (χ0) is 17.1. The minimum Gasteiger partial charge on any atom is -0.467 e. The van der Waals surface area contributed by atoms with Crippen LogP contribution in [0.25, 0.3) is 11.1 Å². The Kier molecular flexibility index (Phi) is 4.04. The summed E-state index contributed by atoms with van der Waals surface area (Å²) in [6.07, 6.45) is 1.57. The second kappa shape index (κ2) is 6.65. The third-order valence-electron chi connectivity index (χ3n) is 4.05. The Labute approximate surface area is 144 Å². The van der Waals surface area contributed by atoms with Gasteiger partial charge in [-0.3, -0.25) is 4.79 Å². The zero-order valence-electron chi connectivity index (χ0n) is 13.4. The fourth-order valence-corrected chi connectivity index (χ4v) is 2.90. The standard InChI is InChI=1S/C20H16N2O3/c23-19(21-12-14-6-5-11-24-14)13-25-22-20-17-9-3-1-7-15(17)16-8-2-4-10-18(16)20/h1-11H,12-13H2,(H,21,23). The number of carbonyl (C=O) groups excluding carboxylic acids is 1. The number of amides is 1. The summed E-state index contributed by atoms with van der Waals surface area (Å²) in [5.41, 5.74) is 5.04. The van der Waals surface area contributed by atoms with E-state index in [-0.39, 0.29) is 12.5 Å². The Morgan fingerprint density at radius 3 is 2.16 bits per heavy atom. The second-order valence-electron chi connectivity index (χ2n) is 5.66. The van der Waals surface area contributed by atoms with Crippen LogP contribution >= 0.6 is 0 Å². The van der Waals surface area contributed by atoms with Crippen molar-refractivity contribution in [1.29, 1.82) is 0 Å². The minimum absolute atomic E-state index is 0.144. The van der Waals surface area contributed by atoms with Gasteiger partial charge in [0.25, 0.3) is 5.91 Å². The molecular formula is C20H16N2O3. The smallest absolute Gasteiger partial charge is 0.261 e. The quantitative estimate of drug-likeness (QED) is 0.570. The number of nitrogens with zero attached hydrogens (tertiary/aromatic N) is 1. The largest absolute Gasteiger partial charge is 0.467 e. The number of fused-ring (bicyclic) bond motifs is 3. The van der Waals surface area contributed by atoms with E-state index in [4.69, 9.17) is 9.25 Å². The van der Waals surface area contributed by atoms with E-state index in [1.165, 1.54) is 0 Å². The van der Waals surface area contributed by atoms with Gasteiger partial charge in [0.2, 0.25) is 0 Å². The van der Waals surface area contributed by atoms with Crippen molar-refractivity contribution < 1.29 is 14.0 Å². The average Bonchev–Trinajstić information content (AvgIpc) is 3.27. The molecule has 1 aliphatic carbocycles. The predicted octanol–water partition coefficient (Wildman–Crippen LogP) is 3.35. The molecule has 0 radical (unpaired) electrons. The first-order valence-electron chi connectivity index (χ1n) is 8.01. The molecule has 0 atom stereocenters. The van der Waals surface area contributed by atoms with Crippen molar-refractivity contribution in [2.45, 2.75) is 6.54 Å². The summed E-state index contributed by atoms with van der Waals surface area (Å²) in [4.78, 5) is 17.2. The van der Waals surface area contributed by atoms with Crippen LogP contribution in [-0.4, -0.2) is 18.2 Å². The van der Waals surface area contributed by atoms with Crippen molar-refractivity contribution in [2.75, 3.05) is 6.61 Å². The lowest BCUT2D eigenvalue weighted by molar-refractivity contribution is -0.125. The molecule has 1 aromatic heterocycles. The zero-order valence-corrected chi connectivity index (χ0v) is 13.4. The Balaban J connectivity index is 1.45. The summed E-state index contributed by atoms with van der Waals surface area (Å²) >= 11 is 0. The predicted molar refractivity (Wildman–Crippen MR) is 94.0 cm³/mol. The van der Waals surface area contributed by atoms with Crippen LogP contribution in [-0.2, 0) is 16.2 Å². The van der Waals surface area contributed by atoms with Gasteiger partial charge in [0.1, 0.15) is 11.5 Å². The van der Waals surface area contributed by atoms with Crippen LogP contribution in [0.5, 0.6) is 0 Å². The summed E-state index contributed by atoms with van der Waals surface area (Å²) in [6, 6.07) is 19.7. The molecule has 0 saturated carbocycles. The summed E-state index contributed by atoms with van der Waals surface area (Å²) in [5, 5.41) is 6.95. The van der Waals surface area contributed by atoms with Crippen LogP contribution in [0, 0.1) is 0 Å². The number of furan rings is 1. The van der Waals surface area contributed by atoms with Gasteiger partial charge in [0.05, 0.1) is 12.8 Å². The van der Waals surface area contributed by atoms with Gasteiger partial charge in [-0.15, -0.1) is 0 Å². The lowest BCUT2D eigenvalue weighted by Gasteiger charge is -2.04. The topological polar surface area (TPSA) is 63.8 Å². The summed E-state index contributed by atoms with van der Waals surface area (Å²) < 4.78 is 5.16. The third-order valence-corrected chi connectivity index (χ3v) is 4.05. The van der Waals surface area contributed by atoms with Crippen LogP contribution in [0.3, 0.4) is 0 Å². The van der Waals surface area contributed by atoms with Gasteiger partial charge < -0.3 is 14.6 Å². The first-order valence-corrected chi connectivity index (χ1v) is 8.01. The van der Waals surface area contributed by atoms with Crippen molar-refractivity contribution in [3.8, 4) is 11.1 Å². The maximum absolute atomic E-state index is 11.9. The Hall–Kier alpha value is -3.34. The number of carbonyl (C=O) groups is 1. The molecule has 3 aromatic rings. The molecule has 1 N–H and O–H groups in total. The van der Waals surface area contributed by atoms with Crippen LogP contribution < -0.4 is 5.32 Å². The highest BCUT2D eigenvalue weighted by Gasteiger charge is 2.24. The molecule has 0 aliphatic heterocycles. The van der Waals surface area contributed by atoms with E-state index < -0.39 is 0 Å². The molecule has 0 bridgehead atoms. The van der Waals surface area contributed by atoms with Crippen molar-refractivity contribution in [2.24, 2.45) is 5.16 Å². The fourth-order valence-electron chi connectivity index (χ4n) is 2.90. The van der Waals surface area contributed by atoms with Crippen molar-refractivity contribution in [1.82, 2.24) is 5.32 Å². The number of benzene rings is 2. The molecule has 0 spiro atoms. The van der Waals surface area contributed by atoms with E-state index in [0.717, 1.165) is 28.0 Å². The van der Waals surface area contributed by atoms with E-state index >= 15 is 0 Å². The summed E-state index contributed by atoms with van der Waals surface area (Å²) in [7, 11) is 0. The average molecular weight is 332 g/mol. The molecule has 5 heteroatoms. The first kappa shape index (κ1) is 15.2. The van der Waals surface area contributed by atoms with E-state index in [2.05, 4.69) is 22.6 Å². The maximum atomic E-state index is 11.9. The van der Waals surface area contributed by atoms with Crippen LogP contribution in [0.15, 0.2) is 76.5 Å². The van der Waals surface area contributed by atoms with Gasteiger partial charge >= 0.3 is 0 Å². The van der Waals surface area contributed by atoms with Gasteiger partial charge in [-0.05, 0) is 23.3 Å². The monoisotopic (exact) mass is 332 g/mol. The number of nitrogens with one attached hydrogen (secondary N) is 1. The highest BCUT2D eigenvalue weighted by atomic mass is 16.6. The molecule has 0 fully saturated rings. The fraction of sp³-hybridized carbons (Fsp3) is 0.100. The maximum Gasteiger partial charge on any atom is 0.261 e. The molecule has 4 rings (SSSR count). The molecule has 0 unspecified atom stereocenters. The number of hydrogen-bond donors (Lipinski definition) is 1. The van der Waals surface area contributed by atoms with Gasteiger partial charge in [-0.25, -0.2) is 0 Å². The molecule has 2 aromatic carbocycles. The SMILES string of the molecule is O=C(CON=C1c2ccccc2-c2ccccc21)NCc1ccco1. The molecular weight excluding hydrogens is 316 g/mol. The Morgan fingerprint density at radius 1 is 0.920 bits per heavy atom. The van der Waals surface area contributed by atoms with Gasteiger partial charge in [0, 0.05) is 11.1 Å². The van der Waals surface area contributed by atoms with Crippen LogP contribution in [0.4, 0.5) is 0 Å². The highest BCUT2D eigenvalue weighted by molar-refractivity contribution is 6.24. The van der Waals surface area contributed by atoms with Crippen LogP contribution in [0.2, 0.25) is 0 Å². The van der Waals surface area contributed by atoms with Gasteiger partial charge in [-0.1, -0.05) is 53.7 Å². The second-order valence-corrected chi connectivity index (χ2v) is 5.66. The molecule has 1 amide bonds. The normalized spacial score (nSPS) is 11.6. The minimum atomic E-state index is -0.250.